The van der Waals surface area contributed by atoms with Crippen LogP contribution in [0.4, 0.5) is 5.69 Å². The Labute approximate surface area is 106 Å². The van der Waals surface area contributed by atoms with Crippen LogP contribution in [-0.2, 0) is 16.4 Å². The number of fused-ring (bicyclic) bond motifs is 1. The molecule has 0 saturated heterocycles. The SMILES string of the molecule is C=C(Cl)CNS(=O)(=O)c1ccc2c(c1)NCC2. The predicted molar refractivity (Wildman–Crippen MR) is 68.8 cm³/mol. The van der Waals surface area contributed by atoms with Crippen molar-refractivity contribution in [3.05, 3.63) is 35.4 Å². The Hall–Kier alpha value is -1.04. The van der Waals surface area contributed by atoms with Gasteiger partial charge in [-0.1, -0.05) is 24.2 Å². The summed E-state index contributed by atoms with van der Waals surface area (Å²) in [6, 6.07) is 5.08. The first-order valence-electron chi connectivity index (χ1n) is 5.19. The summed E-state index contributed by atoms with van der Waals surface area (Å²) >= 11 is 5.53. The summed E-state index contributed by atoms with van der Waals surface area (Å²) < 4.78 is 26.2. The van der Waals surface area contributed by atoms with Crippen molar-refractivity contribution in [2.24, 2.45) is 0 Å². The fraction of sp³-hybridized carbons (Fsp3) is 0.273. The molecule has 1 heterocycles. The first-order chi connectivity index (χ1) is 7.99. The van der Waals surface area contributed by atoms with Crippen LogP contribution in [0.5, 0.6) is 0 Å². The molecule has 1 aromatic carbocycles. The fourth-order valence-corrected chi connectivity index (χ4v) is 2.89. The number of rotatable bonds is 4. The molecule has 17 heavy (non-hydrogen) atoms. The van der Waals surface area contributed by atoms with Crippen molar-refractivity contribution < 1.29 is 8.42 Å². The van der Waals surface area contributed by atoms with Gasteiger partial charge in [0, 0.05) is 23.8 Å². The Balaban J connectivity index is 2.24. The highest BCUT2D eigenvalue weighted by atomic mass is 35.5. The Morgan fingerprint density at radius 1 is 1.53 bits per heavy atom. The highest BCUT2D eigenvalue weighted by Gasteiger charge is 2.17. The number of anilines is 1. The molecule has 2 rings (SSSR count). The molecular formula is C11H13ClN2O2S. The summed E-state index contributed by atoms with van der Waals surface area (Å²) in [4.78, 5) is 0.239. The van der Waals surface area contributed by atoms with Crippen LogP contribution in [-0.4, -0.2) is 21.5 Å². The van der Waals surface area contributed by atoms with Crippen LogP contribution in [0.25, 0.3) is 0 Å². The van der Waals surface area contributed by atoms with E-state index in [1.165, 1.54) is 0 Å². The monoisotopic (exact) mass is 272 g/mol. The zero-order valence-corrected chi connectivity index (χ0v) is 10.7. The van der Waals surface area contributed by atoms with Crippen LogP contribution in [0, 0.1) is 0 Å². The second-order valence-electron chi connectivity index (χ2n) is 3.84. The zero-order chi connectivity index (χ0) is 12.5. The van der Waals surface area contributed by atoms with E-state index in [4.69, 9.17) is 11.6 Å². The maximum atomic E-state index is 11.9. The van der Waals surface area contributed by atoms with Gasteiger partial charge in [-0.15, -0.1) is 0 Å². The number of halogens is 1. The quantitative estimate of drug-likeness (QED) is 0.877. The molecular weight excluding hydrogens is 260 g/mol. The number of nitrogens with one attached hydrogen (secondary N) is 2. The van der Waals surface area contributed by atoms with Gasteiger partial charge >= 0.3 is 0 Å². The van der Waals surface area contributed by atoms with Gasteiger partial charge in [-0.3, -0.25) is 0 Å². The molecule has 92 valence electrons. The smallest absolute Gasteiger partial charge is 0.240 e. The average Bonchev–Trinajstić information content (AvgIpc) is 2.73. The number of sulfonamides is 1. The van der Waals surface area contributed by atoms with Crippen molar-refractivity contribution in [1.82, 2.24) is 4.72 Å². The van der Waals surface area contributed by atoms with Crippen molar-refractivity contribution in [3.63, 3.8) is 0 Å². The van der Waals surface area contributed by atoms with E-state index >= 15 is 0 Å². The van der Waals surface area contributed by atoms with E-state index in [0.29, 0.717) is 0 Å². The summed E-state index contributed by atoms with van der Waals surface area (Å²) in [6.07, 6.45) is 0.932. The average molecular weight is 273 g/mol. The van der Waals surface area contributed by atoms with Gasteiger partial charge in [-0.25, -0.2) is 13.1 Å². The van der Waals surface area contributed by atoms with E-state index in [9.17, 15) is 8.42 Å². The van der Waals surface area contributed by atoms with Gasteiger partial charge in [0.1, 0.15) is 0 Å². The summed E-state index contributed by atoms with van der Waals surface area (Å²) in [5, 5.41) is 3.40. The van der Waals surface area contributed by atoms with Gasteiger partial charge in [0.25, 0.3) is 0 Å². The van der Waals surface area contributed by atoms with E-state index in [-0.39, 0.29) is 16.5 Å². The Bertz CT molecular complexity index is 555. The minimum atomic E-state index is -3.51. The third-order valence-corrected chi connectivity index (χ3v) is 4.09. The molecule has 6 heteroatoms. The van der Waals surface area contributed by atoms with E-state index in [0.717, 1.165) is 24.2 Å². The minimum absolute atomic E-state index is 0.0361. The molecule has 2 N–H and O–H groups in total. The molecule has 0 aliphatic carbocycles. The molecule has 0 saturated carbocycles. The Kier molecular flexibility index (Phi) is 3.42. The molecule has 1 aliphatic heterocycles. The highest BCUT2D eigenvalue weighted by molar-refractivity contribution is 7.89. The van der Waals surface area contributed by atoms with E-state index < -0.39 is 10.0 Å². The second kappa shape index (κ2) is 4.68. The zero-order valence-electron chi connectivity index (χ0n) is 9.16. The van der Waals surface area contributed by atoms with Crippen LogP contribution in [0.2, 0.25) is 0 Å². The summed E-state index contributed by atoms with van der Waals surface area (Å²) in [6.45, 7) is 4.32. The molecule has 0 fully saturated rings. The molecule has 4 nitrogen and oxygen atoms in total. The lowest BCUT2D eigenvalue weighted by molar-refractivity contribution is 0.585. The first kappa shape index (κ1) is 12.4. The Morgan fingerprint density at radius 2 is 2.29 bits per heavy atom. The summed E-state index contributed by atoms with van der Waals surface area (Å²) in [5.41, 5.74) is 2.03. The summed E-state index contributed by atoms with van der Waals surface area (Å²) in [7, 11) is -3.51. The predicted octanol–water partition coefficient (Wildman–Crippen LogP) is 1.69. The largest absolute Gasteiger partial charge is 0.384 e. The number of benzene rings is 1. The van der Waals surface area contributed by atoms with E-state index in [2.05, 4.69) is 16.6 Å². The Morgan fingerprint density at radius 3 is 3.00 bits per heavy atom. The van der Waals surface area contributed by atoms with Gasteiger partial charge < -0.3 is 5.32 Å². The van der Waals surface area contributed by atoms with Crippen LogP contribution >= 0.6 is 11.6 Å². The van der Waals surface area contributed by atoms with Gasteiger partial charge in [0.05, 0.1) is 4.90 Å². The second-order valence-corrected chi connectivity index (χ2v) is 6.14. The lowest BCUT2D eigenvalue weighted by Gasteiger charge is -2.07. The van der Waals surface area contributed by atoms with Crippen LogP contribution < -0.4 is 10.0 Å². The third kappa shape index (κ3) is 2.80. The molecule has 0 amide bonds. The van der Waals surface area contributed by atoms with Gasteiger partial charge in [0.15, 0.2) is 0 Å². The molecule has 1 aliphatic rings. The van der Waals surface area contributed by atoms with Crippen molar-refractivity contribution in [2.45, 2.75) is 11.3 Å². The van der Waals surface area contributed by atoms with Gasteiger partial charge in [-0.2, -0.15) is 0 Å². The first-order valence-corrected chi connectivity index (χ1v) is 7.05. The highest BCUT2D eigenvalue weighted by Crippen LogP contribution is 2.25. The molecule has 0 radical (unpaired) electrons. The number of hydrogen-bond donors (Lipinski definition) is 2. The molecule has 0 aromatic heterocycles. The van der Waals surface area contributed by atoms with Crippen molar-refractivity contribution in [1.29, 1.82) is 0 Å². The maximum Gasteiger partial charge on any atom is 0.240 e. The molecule has 0 spiro atoms. The third-order valence-electron chi connectivity index (χ3n) is 2.56. The molecule has 0 bridgehead atoms. The van der Waals surface area contributed by atoms with E-state index in [1.54, 1.807) is 12.1 Å². The fourth-order valence-electron chi connectivity index (χ4n) is 1.69. The van der Waals surface area contributed by atoms with Crippen LogP contribution in [0.15, 0.2) is 34.7 Å². The normalized spacial score (nSPS) is 14.2. The molecule has 0 atom stereocenters. The maximum absolute atomic E-state index is 11.9. The minimum Gasteiger partial charge on any atom is -0.384 e. The van der Waals surface area contributed by atoms with E-state index in [1.807, 2.05) is 6.07 Å². The molecule has 1 aromatic rings. The lowest BCUT2D eigenvalue weighted by Crippen LogP contribution is -2.24. The van der Waals surface area contributed by atoms with Crippen LogP contribution in [0.1, 0.15) is 5.56 Å². The van der Waals surface area contributed by atoms with Crippen molar-refractivity contribution >= 4 is 27.3 Å². The number of hydrogen-bond acceptors (Lipinski definition) is 3. The molecule has 0 unspecified atom stereocenters. The topological polar surface area (TPSA) is 58.2 Å². The van der Waals surface area contributed by atoms with Crippen molar-refractivity contribution in [2.75, 3.05) is 18.4 Å². The standard InChI is InChI=1S/C11H13ClN2O2S/c1-8(12)7-14-17(15,16)10-3-2-9-4-5-13-11(9)6-10/h2-3,6,13-14H,1,4-5,7H2. The van der Waals surface area contributed by atoms with Crippen molar-refractivity contribution in [3.8, 4) is 0 Å². The lowest BCUT2D eigenvalue weighted by atomic mass is 10.2. The van der Waals surface area contributed by atoms with Gasteiger partial charge in [0.2, 0.25) is 10.0 Å². The van der Waals surface area contributed by atoms with Crippen LogP contribution in [0.3, 0.4) is 0 Å². The summed E-state index contributed by atoms with van der Waals surface area (Å²) in [5.74, 6) is 0. The van der Waals surface area contributed by atoms with Gasteiger partial charge in [-0.05, 0) is 24.1 Å².